The van der Waals surface area contributed by atoms with Crippen LogP contribution in [0.25, 0.3) is 0 Å². The molecule has 0 saturated carbocycles. The monoisotopic (exact) mass is 227 g/mol. The van der Waals surface area contributed by atoms with Crippen LogP contribution in [0.5, 0.6) is 0 Å². The SMILES string of the molecule is CC(C)CCCCCNC(=O)CC(C)(C)C. The molecule has 1 N–H and O–H groups in total. The molecule has 1 amide bonds. The van der Waals surface area contributed by atoms with E-state index in [0.29, 0.717) is 6.42 Å². The molecule has 0 bridgehead atoms. The highest BCUT2D eigenvalue weighted by Gasteiger charge is 2.14. The first kappa shape index (κ1) is 15.5. The molecule has 2 heteroatoms. The van der Waals surface area contributed by atoms with Crippen molar-refractivity contribution in [3.63, 3.8) is 0 Å². The van der Waals surface area contributed by atoms with Crippen LogP contribution in [-0.2, 0) is 4.79 Å². The molecule has 0 aromatic heterocycles. The third kappa shape index (κ3) is 11.5. The van der Waals surface area contributed by atoms with E-state index in [1.165, 1.54) is 19.3 Å². The van der Waals surface area contributed by atoms with Crippen LogP contribution in [0.2, 0.25) is 0 Å². The Balaban J connectivity index is 3.35. The van der Waals surface area contributed by atoms with Crippen molar-refractivity contribution < 1.29 is 4.79 Å². The van der Waals surface area contributed by atoms with E-state index in [0.717, 1.165) is 18.9 Å². The van der Waals surface area contributed by atoms with Gasteiger partial charge in [0.25, 0.3) is 0 Å². The van der Waals surface area contributed by atoms with E-state index >= 15 is 0 Å². The molecule has 0 spiro atoms. The van der Waals surface area contributed by atoms with Gasteiger partial charge in [-0.3, -0.25) is 4.79 Å². The van der Waals surface area contributed by atoms with Gasteiger partial charge in [-0.05, 0) is 17.8 Å². The van der Waals surface area contributed by atoms with Crippen molar-refractivity contribution in [1.29, 1.82) is 0 Å². The summed E-state index contributed by atoms with van der Waals surface area (Å²) in [5.74, 6) is 0.992. The van der Waals surface area contributed by atoms with Crippen molar-refractivity contribution in [3.8, 4) is 0 Å². The maximum Gasteiger partial charge on any atom is 0.220 e. The number of hydrogen-bond acceptors (Lipinski definition) is 1. The summed E-state index contributed by atoms with van der Waals surface area (Å²) in [4.78, 5) is 11.5. The normalized spacial score (nSPS) is 11.9. The van der Waals surface area contributed by atoms with Gasteiger partial charge >= 0.3 is 0 Å². The van der Waals surface area contributed by atoms with Crippen molar-refractivity contribution in [3.05, 3.63) is 0 Å². The minimum absolute atomic E-state index is 0.0989. The van der Waals surface area contributed by atoms with Crippen LogP contribution in [0.15, 0.2) is 0 Å². The number of hydrogen-bond donors (Lipinski definition) is 1. The molecule has 16 heavy (non-hydrogen) atoms. The minimum atomic E-state index is 0.0989. The van der Waals surface area contributed by atoms with Crippen LogP contribution in [0.3, 0.4) is 0 Å². The molecule has 0 aliphatic carbocycles. The Morgan fingerprint density at radius 2 is 1.75 bits per heavy atom. The van der Waals surface area contributed by atoms with E-state index < -0.39 is 0 Å². The van der Waals surface area contributed by atoms with Crippen LogP contribution in [0, 0.1) is 11.3 Å². The standard InChI is InChI=1S/C14H29NO/c1-12(2)9-7-6-8-10-15-13(16)11-14(3,4)5/h12H,6-11H2,1-5H3,(H,15,16). The Kier molecular flexibility index (Phi) is 7.44. The largest absolute Gasteiger partial charge is 0.356 e. The Morgan fingerprint density at radius 3 is 2.25 bits per heavy atom. The molecule has 0 rings (SSSR count). The lowest BCUT2D eigenvalue weighted by atomic mass is 9.92. The van der Waals surface area contributed by atoms with Gasteiger partial charge in [0.1, 0.15) is 0 Å². The first-order chi connectivity index (χ1) is 7.31. The zero-order valence-corrected chi connectivity index (χ0v) is 11.7. The molecular formula is C14H29NO. The zero-order chi connectivity index (χ0) is 12.6. The third-order valence-corrected chi connectivity index (χ3v) is 2.47. The molecule has 0 fully saturated rings. The molecule has 0 aliphatic rings. The summed E-state index contributed by atoms with van der Waals surface area (Å²) in [5.41, 5.74) is 0.0989. The second-order valence-corrected chi connectivity index (χ2v) is 6.33. The summed E-state index contributed by atoms with van der Waals surface area (Å²) in [6, 6.07) is 0. The Hall–Kier alpha value is -0.530. The van der Waals surface area contributed by atoms with Crippen molar-refractivity contribution in [2.75, 3.05) is 6.54 Å². The van der Waals surface area contributed by atoms with Gasteiger partial charge in [-0.15, -0.1) is 0 Å². The van der Waals surface area contributed by atoms with E-state index in [9.17, 15) is 4.79 Å². The molecule has 0 unspecified atom stereocenters. The van der Waals surface area contributed by atoms with Crippen LogP contribution in [0.4, 0.5) is 0 Å². The summed E-state index contributed by atoms with van der Waals surface area (Å²) < 4.78 is 0. The fourth-order valence-corrected chi connectivity index (χ4v) is 1.63. The maximum absolute atomic E-state index is 11.5. The summed E-state index contributed by atoms with van der Waals surface area (Å²) in [6.45, 7) is 11.6. The predicted octanol–water partition coefficient (Wildman–Crippen LogP) is 3.76. The highest BCUT2D eigenvalue weighted by atomic mass is 16.1. The molecule has 0 atom stereocenters. The lowest BCUT2D eigenvalue weighted by Crippen LogP contribution is -2.28. The van der Waals surface area contributed by atoms with E-state index in [-0.39, 0.29) is 11.3 Å². The van der Waals surface area contributed by atoms with Gasteiger partial charge in [-0.2, -0.15) is 0 Å². The van der Waals surface area contributed by atoms with E-state index in [2.05, 4.69) is 39.9 Å². The molecule has 0 aliphatic heterocycles. The van der Waals surface area contributed by atoms with Crippen molar-refractivity contribution in [2.45, 2.75) is 66.7 Å². The molecule has 0 saturated heterocycles. The number of unbranched alkanes of at least 4 members (excludes halogenated alkanes) is 2. The van der Waals surface area contributed by atoms with Crippen molar-refractivity contribution >= 4 is 5.91 Å². The number of nitrogens with one attached hydrogen (secondary N) is 1. The molecule has 2 nitrogen and oxygen atoms in total. The Labute approximate surface area is 101 Å². The van der Waals surface area contributed by atoms with Crippen molar-refractivity contribution in [2.24, 2.45) is 11.3 Å². The predicted molar refractivity (Wildman–Crippen MR) is 70.4 cm³/mol. The smallest absolute Gasteiger partial charge is 0.220 e. The Bertz CT molecular complexity index is 191. The molecule has 0 aromatic carbocycles. The first-order valence-corrected chi connectivity index (χ1v) is 6.58. The lowest BCUT2D eigenvalue weighted by molar-refractivity contribution is -0.122. The average Bonchev–Trinajstić information content (AvgIpc) is 2.07. The summed E-state index contributed by atoms with van der Waals surface area (Å²) in [6.07, 6.45) is 5.55. The van der Waals surface area contributed by atoms with E-state index in [1.807, 2.05) is 0 Å². The number of carbonyl (C=O) groups excluding carboxylic acids is 1. The summed E-state index contributed by atoms with van der Waals surface area (Å²) in [5, 5.41) is 2.99. The summed E-state index contributed by atoms with van der Waals surface area (Å²) >= 11 is 0. The van der Waals surface area contributed by atoms with Crippen LogP contribution in [0.1, 0.15) is 66.7 Å². The fraction of sp³-hybridized carbons (Fsp3) is 0.929. The second-order valence-electron chi connectivity index (χ2n) is 6.33. The highest BCUT2D eigenvalue weighted by Crippen LogP contribution is 2.17. The minimum Gasteiger partial charge on any atom is -0.356 e. The van der Waals surface area contributed by atoms with Crippen molar-refractivity contribution in [1.82, 2.24) is 5.32 Å². The quantitative estimate of drug-likeness (QED) is 0.659. The van der Waals surface area contributed by atoms with E-state index in [4.69, 9.17) is 0 Å². The Morgan fingerprint density at radius 1 is 1.12 bits per heavy atom. The number of amides is 1. The fourth-order valence-electron chi connectivity index (χ4n) is 1.63. The van der Waals surface area contributed by atoms with Gasteiger partial charge in [-0.1, -0.05) is 53.9 Å². The second kappa shape index (κ2) is 7.70. The van der Waals surface area contributed by atoms with Crippen LogP contribution < -0.4 is 5.32 Å². The molecular weight excluding hydrogens is 198 g/mol. The zero-order valence-electron chi connectivity index (χ0n) is 11.7. The van der Waals surface area contributed by atoms with Gasteiger partial charge in [-0.25, -0.2) is 0 Å². The molecule has 0 radical (unpaired) electrons. The number of carbonyl (C=O) groups is 1. The van der Waals surface area contributed by atoms with Crippen LogP contribution in [-0.4, -0.2) is 12.5 Å². The lowest BCUT2D eigenvalue weighted by Gasteiger charge is -2.17. The molecule has 96 valence electrons. The van der Waals surface area contributed by atoms with Gasteiger partial charge in [0.2, 0.25) is 5.91 Å². The van der Waals surface area contributed by atoms with Gasteiger partial charge in [0.15, 0.2) is 0 Å². The maximum atomic E-state index is 11.5. The summed E-state index contributed by atoms with van der Waals surface area (Å²) in [7, 11) is 0. The highest BCUT2D eigenvalue weighted by molar-refractivity contribution is 5.76. The van der Waals surface area contributed by atoms with Gasteiger partial charge < -0.3 is 5.32 Å². The van der Waals surface area contributed by atoms with Gasteiger partial charge in [0, 0.05) is 13.0 Å². The van der Waals surface area contributed by atoms with E-state index in [1.54, 1.807) is 0 Å². The topological polar surface area (TPSA) is 29.1 Å². The van der Waals surface area contributed by atoms with Crippen LogP contribution >= 0.6 is 0 Å². The molecule has 0 heterocycles. The van der Waals surface area contributed by atoms with Gasteiger partial charge in [0.05, 0.1) is 0 Å². The molecule has 0 aromatic rings. The number of rotatable bonds is 7. The first-order valence-electron chi connectivity index (χ1n) is 6.58. The average molecular weight is 227 g/mol. The third-order valence-electron chi connectivity index (χ3n) is 2.47.